The minimum absolute atomic E-state index is 0. The van der Waals surface area contributed by atoms with Gasteiger partial charge in [0, 0.05) is 36.1 Å². The Kier molecular flexibility index (Phi) is 7.30. The highest BCUT2D eigenvalue weighted by molar-refractivity contribution is 5.85. The van der Waals surface area contributed by atoms with E-state index in [1.54, 1.807) is 18.2 Å². The number of nitrogen functional groups attached to an aromatic ring is 1. The first-order valence-electron chi connectivity index (χ1n) is 9.10. The van der Waals surface area contributed by atoms with Crippen LogP contribution in [0.3, 0.4) is 0 Å². The molecule has 2 aromatic rings. The van der Waals surface area contributed by atoms with E-state index in [4.69, 9.17) is 26.7 Å². The van der Waals surface area contributed by atoms with Crippen molar-refractivity contribution in [1.82, 2.24) is 9.97 Å². The van der Waals surface area contributed by atoms with Crippen molar-refractivity contribution in [3.63, 3.8) is 0 Å². The highest BCUT2D eigenvalue weighted by Gasteiger charge is 2.26. The van der Waals surface area contributed by atoms with Gasteiger partial charge >= 0.3 is 0 Å². The fourth-order valence-electron chi connectivity index (χ4n) is 3.85. The second-order valence-corrected chi connectivity index (χ2v) is 7.08. The van der Waals surface area contributed by atoms with Gasteiger partial charge in [0.25, 0.3) is 0 Å². The van der Waals surface area contributed by atoms with Crippen LogP contribution in [0.2, 0.25) is 0 Å². The summed E-state index contributed by atoms with van der Waals surface area (Å²) in [4.78, 5) is 11.8. The highest BCUT2D eigenvalue weighted by Crippen LogP contribution is 2.32. The van der Waals surface area contributed by atoms with Gasteiger partial charge in [0.1, 0.15) is 5.82 Å². The fraction of sp³-hybridized carbons (Fsp3) is 0.421. The zero-order valence-corrected chi connectivity index (χ0v) is 17.2. The molecule has 0 radical (unpaired) electrons. The van der Waals surface area contributed by atoms with Gasteiger partial charge in [0.15, 0.2) is 0 Å². The van der Waals surface area contributed by atoms with E-state index in [2.05, 4.69) is 16.3 Å². The maximum absolute atomic E-state index is 9.14. The number of benzene rings is 1. The third-order valence-electron chi connectivity index (χ3n) is 5.01. The Bertz CT molecular complexity index is 881. The molecule has 0 bridgehead atoms. The van der Waals surface area contributed by atoms with E-state index < -0.39 is 0 Å². The predicted molar refractivity (Wildman–Crippen MR) is 117 cm³/mol. The van der Waals surface area contributed by atoms with E-state index in [9.17, 15) is 0 Å². The molecule has 9 heteroatoms. The Labute approximate surface area is 177 Å². The number of hydrogen-bond donors (Lipinski definition) is 3. The third-order valence-corrected chi connectivity index (χ3v) is 5.01. The number of anilines is 4. The number of nitriles is 1. The summed E-state index contributed by atoms with van der Waals surface area (Å²) in [6, 6.07) is 7.50. The molecule has 4 rings (SSSR count). The summed E-state index contributed by atoms with van der Waals surface area (Å²) in [5.41, 5.74) is 16.2. The summed E-state index contributed by atoms with van der Waals surface area (Å²) in [6.07, 6.45) is 5.25. The second kappa shape index (κ2) is 9.28. The first kappa shape index (κ1) is 22.0. The standard InChI is InChI=1S/C19H23N7.2ClH/c20-10-12-7-14(22)9-15(8-12)23-19-24-17-5-1-4-16(17)18(25-19)26-6-2-3-13(21)11-26;;/h7-9,13H,1-6,11,21-22H2,(H,23,24,25);2*1H/t13-;;/m1../s1. The molecule has 0 unspecified atom stereocenters. The topological polar surface area (TPSA) is 117 Å². The molecule has 1 saturated heterocycles. The predicted octanol–water partition coefficient (Wildman–Crippen LogP) is 2.93. The zero-order valence-electron chi connectivity index (χ0n) is 15.5. The Balaban J connectivity index is 0.00000140. The van der Waals surface area contributed by atoms with Gasteiger partial charge in [-0.1, -0.05) is 0 Å². The minimum Gasteiger partial charge on any atom is -0.399 e. The largest absolute Gasteiger partial charge is 0.399 e. The van der Waals surface area contributed by atoms with Gasteiger partial charge in [0.05, 0.1) is 17.3 Å². The van der Waals surface area contributed by atoms with Crippen LogP contribution in [0.15, 0.2) is 18.2 Å². The number of piperidine rings is 1. The summed E-state index contributed by atoms with van der Waals surface area (Å²) in [6.45, 7) is 1.81. The van der Waals surface area contributed by atoms with Gasteiger partial charge in [-0.05, 0) is 50.3 Å². The van der Waals surface area contributed by atoms with Crippen molar-refractivity contribution in [2.24, 2.45) is 5.73 Å². The van der Waals surface area contributed by atoms with Crippen LogP contribution in [0.5, 0.6) is 0 Å². The average molecular weight is 422 g/mol. The zero-order chi connectivity index (χ0) is 18.1. The average Bonchev–Trinajstić information content (AvgIpc) is 3.09. The monoisotopic (exact) mass is 421 g/mol. The Morgan fingerprint density at radius 3 is 2.71 bits per heavy atom. The molecule has 1 fully saturated rings. The van der Waals surface area contributed by atoms with Crippen LogP contribution in [-0.4, -0.2) is 29.1 Å². The van der Waals surface area contributed by atoms with Crippen molar-refractivity contribution in [2.45, 2.75) is 38.1 Å². The van der Waals surface area contributed by atoms with Crippen LogP contribution >= 0.6 is 24.8 Å². The van der Waals surface area contributed by atoms with Gasteiger partial charge in [-0.25, -0.2) is 4.98 Å². The lowest BCUT2D eigenvalue weighted by Crippen LogP contribution is -2.43. The van der Waals surface area contributed by atoms with Gasteiger partial charge < -0.3 is 21.7 Å². The quantitative estimate of drug-likeness (QED) is 0.651. The van der Waals surface area contributed by atoms with Crippen LogP contribution in [0, 0.1) is 11.3 Å². The number of nitrogens with zero attached hydrogens (tertiary/aromatic N) is 4. The molecule has 2 aliphatic rings. The number of nitrogens with two attached hydrogens (primary N) is 2. The van der Waals surface area contributed by atoms with Crippen molar-refractivity contribution < 1.29 is 0 Å². The number of nitrogens with one attached hydrogen (secondary N) is 1. The van der Waals surface area contributed by atoms with Crippen LogP contribution in [0.25, 0.3) is 0 Å². The molecule has 0 spiro atoms. The lowest BCUT2D eigenvalue weighted by atomic mass is 10.1. The molecule has 2 heterocycles. The lowest BCUT2D eigenvalue weighted by Gasteiger charge is -2.33. The van der Waals surface area contributed by atoms with Gasteiger partial charge in [-0.15, -0.1) is 24.8 Å². The maximum atomic E-state index is 9.14. The second-order valence-electron chi connectivity index (χ2n) is 7.08. The number of halogens is 2. The van der Waals surface area contributed by atoms with Crippen molar-refractivity contribution in [3.05, 3.63) is 35.0 Å². The molecule has 1 aromatic heterocycles. The SMILES string of the molecule is Cl.Cl.N#Cc1cc(N)cc(Nc2nc3c(c(N4CCC[C@@H](N)C4)n2)CCC3)c1. The molecular formula is C19H25Cl2N7. The van der Waals surface area contributed by atoms with Gasteiger partial charge in [0.2, 0.25) is 5.95 Å². The van der Waals surface area contributed by atoms with Crippen molar-refractivity contribution in [1.29, 1.82) is 5.26 Å². The summed E-state index contributed by atoms with van der Waals surface area (Å²) < 4.78 is 0. The number of rotatable bonds is 3. The molecule has 1 aromatic carbocycles. The Morgan fingerprint density at radius 2 is 1.96 bits per heavy atom. The van der Waals surface area contributed by atoms with Crippen LogP contribution in [0.1, 0.15) is 36.1 Å². The first-order chi connectivity index (χ1) is 12.6. The van der Waals surface area contributed by atoms with Crippen molar-refractivity contribution in [3.8, 4) is 6.07 Å². The number of aryl methyl sites for hydroxylation is 1. The van der Waals surface area contributed by atoms with E-state index in [1.807, 2.05) is 0 Å². The van der Waals surface area contributed by atoms with E-state index >= 15 is 0 Å². The molecule has 1 atom stereocenters. The van der Waals surface area contributed by atoms with Gasteiger partial charge in [-0.2, -0.15) is 10.2 Å². The van der Waals surface area contributed by atoms with E-state index in [0.29, 0.717) is 17.2 Å². The van der Waals surface area contributed by atoms with E-state index in [1.165, 1.54) is 5.56 Å². The lowest BCUT2D eigenvalue weighted by molar-refractivity contribution is 0.502. The number of fused-ring (bicyclic) bond motifs is 1. The molecule has 1 aliphatic heterocycles. The smallest absolute Gasteiger partial charge is 0.229 e. The van der Waals surface area contributed by atoms with Crippen molar-refractivity contribution >= 4 is 48.0 Å². The van der Waals surface area contributed by atoms with Crippen LogP contribution < -0.4 is 21.7 Å². The summed E-state index contributed by atoms with van der Waals surface area (Å²) in [7, 11) is 0. The third kappa shape index (κ3) is 4.58. The Morgan fingerprint density at radius 1 is 1.14 bits per heavy atom. The maximum Gasteiger partial charge on any atom is 0.229 e. The van der Waals surface area contributed by atoms with E-state index in [-0.39, 0.29) is 30.9 Å². The first-order valence-corrected chi connectivity index (χ1v) is 9.10. The van der Waals surface area contributed by atoms with Crippen molar-refractivity contribution in [2.75, 3.05) is 29.0 Å². The molecule has 150 valence electrons. The van der Waals surface area contributed by atoms with Crippen LogP contribution in [0.4, 0.5) is 23.1 Å². The molecular weight excluding hydrogens is 397 g/mol. The minimum atomic E-state index is 0. The molecule has 5 N–H and O–H groups in total. The number of aromatic nitrogens is 2. The summed E-state index contributed by atoms with van der Waals surface area (Å²) in [5.74, 6) is 1.56. The fourth-order valence-corrected chi connectivity index (χ4v) is 3.85. The molecule has 28 heavy (non-hydrogen) atoms. The molecule has 0 amide bonds. The molecule has 7 nitrogen and oxygen atoms in total. The summed E-state index contributed by atoms with van der Waals surface area (Å²) in [5, 5.41) is 12.4. The Hall–Kier alpha value is -2.27. The number of hydrogen-bond acceptors (Lipinski definition) is 7. The van der Waals surface area contributed by atoms with Gasteiger partial charge in [-0.3, -0.25) is 0 Å². The molecule has 1 aliphatic carbocycles. The highest BCUT2D eigenvalue weighted by atomic mass is 35.5. The normalized spacial score (nSPS) is 17.7. The van der Waals surface area contributed by atoms with Crippen LogP contribution in [-0.2, 0) is 12.8 Å². The molecule has 0 saturated carbocycles. The van der Waals surface area contributed by atoms with E-state index in [0.717, 1.165) is 62.4 Å². The summed E-state index contributed by atoms with van der Waals surface area (Å²) >= 11 is 0.